The number of hydrogen-bond donors (Lipinski definition) is 0. The van der Waals surface area contributed by atoms with E-state index in [4.69, 9.17) is 14.0 Å². The van der Waals surface area contributed by atoms with Gasteiger partial charge < -0.3 is 23.6 Å². The molecule has 1 aliphatic carbocycles. The van der Waals surface area contributed by atoms with Crippen molar-refractivity contribution >= 4 is 17.7 Å². The summed E-state index contributed by atoms with van der Waals surface area (Å²) in [4.78, 5) is 30.3. The average Bonchev–Trinajstić information content (AvgIpc) is 3.74. The summed E-state index contributed by atoms with van der Waals surface area (Å²) in [5.41, 5.74) is 3.37. The van der Waals surface area contributed by atoms with Crippen molar-refractivity contribution in [2.24, 2.45) is 0 Å². The zero-order chi connectivity index (χ0) is 32.0. The van der Waals surface area contributed by atoms with E-state index in [0.29, 0.717) is 42.0 Å². The van der Waals surface area contributed by atoms with E-state index in [1.54, 1.807) is 30.0 Å². The van der Waals surface area contributed by atoms with Gasteiger partial charge in [0.1, 0.15) is 17.2 Å². The van der Waals surface area contributed by atoms with Gasteiger partial charge in [-0.3, -0.25) is 4.90 Å². The molecule has 2 saturated heterocycles. The zero-order valence-electron chi connectivity index (χ0n) is 25.6. The molecule has 3 aliphatic heterocycles. The summed E-state index contributed by atoms with van der Waals surface area (Å²) in [6.45, 7) is 2.75. The Morgan fingerprint density at radius 1 is 1.04 bits per heavy atom. The fourth-order valence-corrected chi connectivity index (χ4v) is 7.25. The van der Waals surface area contributed by atoms with Crippen LogP contribution in [0.2, 0.25) is 0 Å². The highest BCUT2D eigenvalue weighted by Crippen LogP contribution is 2.46. The van der Waals surface area contributed by atoms with E-state index in [1.807, 2.05) is 11.0 Å². The predicted molar refractivity (Wildman–Crippen MR) is 161 cm³/mol. The van der Waals surface area contributed by atoms with Gasteiger partial charge in [-0.15, -0.1) is 13.2 Å². The Labute approximate surface area is 264 Å². The highest BCUT2D eigenvalue weighted by Gasteiger charge is 2.46. The number of para-hydroxylation sites is 1. The molecule has 0 spiro atoms. The molecule has 12 heteroatoms. The lowest BCUT2D eigenvalue weighted by atomic mass is 9.97. The molecule has 4 heterocycles. The van der Waals surface area contributed by atoms with Crippen LogP contribution in [0.25, 0.3) is 11.3 Å². The van der Waals surface area contributed by atoms with Gasteiger partial charge in [-0.05, 0) is 88.1 Å². The maximum absolute atomic E-state index is 14.1. The minimum Gasteiger partial charge on any atom is -0.462 e. The van der Waals surface area contributed by atoms with Gasteiger partial charge >= 0.3 is 18.4 Å². The quantitative estimate of drug-likeness (QED) is 0.238. The van der Waals surface area contributed by atoms with Crippen molar-refractivity contribution in [1.82, 2.24) is 10.1 Å². The maximum atomic E-state index is 14.1. The average molecular weight is 640 g/mol. The third-order valence-electron chi connectivity index (χ3n) is 9.45. The summed E-state index contributed by atoms with van der Waals surface area (Å²) in [5.74, 6) is 0.0743. The van der Waals surface area contributed by atoms with Gasteiger partial charge in [-0.1, -0.05) is 23.4 Å². The van der Waals surface area contributed by atoms with E-state index in [0.717, 1.165) is 49.8 Å². The highest BCUT2D eigenvalue weighted by molar-refractivity contribution is 5.97. The number of benzene rings is 2. The number of nitrogens with zero attached hydrogens (tertiary/aromatic N) is 3. The lowest BCUT2D eigenvalue weighted by Crippen LogP contribution is -2.54. The van der Waals surface area contributed by atoms with Gasteiger partial charge in [0.05, 0.1) is 24.9 Å². The number of aryl methyl sites for hydroxylation is 1. The van der Waals surface area contributed by atoms with Crippen LogP contribution < -0.4 is 9.64 Å². The van der Waals surface area contributed by atoms with Crippen LogP contribution in [0.5, 0.6) is 5.75 Å². The first-order valence-corrected chi connectivity index (χ1v) is 16.0. The van der Waals surface area contributed by atoms with Gasteiger partial charge in [0.15, 0.2) is 0 Å². The predicted octanol–water partition coefficient (Wildman–Crippen LogP) is 7.38. The number of carbonyl (C=O) groups is 2. The summed E-state index contributed by atoms with van der Waals surface area (Å²) in [6.07, 6.45) is 1.59. The van der Waals surface area contributed by atoms with Crippen molar-refractivity contribution in [3.8, 4) is 17.0 Å². The Balaban J connectivity index is 1.07. The number of urea groups is 1. The normalized spacial score (nSPS) is 22.5. The minimum atomic E-state index is -4.85. The number of carbonyl (C=O) groups excluding carboxylic acids is 2. The van der Waals surface area contributed by atoms with Gasteiger partial charge in [-0.25, -0.2) is 9.59 Å². The van der Waals surface area contributed by atoms with Gasteiger partial charge in [0.2, 0.25) is 0 Å². The molecular weight excluding hydrogens is 603 g/mol. The van der Waals surface area contributed by atoms with Crippen molar-refractivity contribution < 1.29 is 41.5 Å². The lowest BCUT2D eigenvalue weighted by molar-refractivity contribution is -0.274. The summed E-state index contributed by atoms with van der Waals surface area (Å²) < 4.78 is 61.1. The molecule has 2 aromatic carbocycles. The van der Waals surface area contributed by atoms with Crippen molar-refractivity contribution in [1.29, 1.82) is 0 Å². The van der Waals surface area contributed by atoms with Gasteiger partial charge in [0.25, 0.3) is 0 Å². The molecule has 7 rings (SSSR count). The number of ether oxygens (including phenoxy) is 3. The minimum absolute atomic E-state index is 0.000579. The first kappa shape index (κ1) is 30.6. The molecule has 4 aliphatic rings. The number of hydrogen-bond acceptors (Lipinski definition) is 7. The fraction of sp³-hybridized carbons (Fsp3) is 0.500. The van der Waals surface area contributed by atoms with E-state index in [1.165, 1.54) is 18.2 Å². The molecule has 3 aromatic rings. The third kappa shape index (κ3) is 6.06. The van der Waals surface area contributed by atoms with Crippen LogP contribution in [0.15, 0.2) is 47.0 Å². The number of esters is 1. The molecular formula is C34H36F3N3O6. The van der Waals surface area contributed by atoms with Crippen LogP contribution >= 0.6 is 0 Å². The van der Waals surface area contributed by atoms with Crippen molar-refractivity contribution in [3.63, 3.8) is 0 Å². The maximum Gasteiger partial charge on any atom is 0.573 e. The first-order valence-electron chi connectivity index (χ1n) is 16.0. The highest BCUT2D eigenvalue weighted by atomic mass is 19.4. The summed E-state index contributed by atoms with van der Waals surface area (Å²) in [6, 6.07) is 11.3. The second-order valence-corrected chi connectivity index (χ2v) is 12.5. The summed E-state index contributed by atoms with van der Waals surface area (Å²) in [5, 5.41) is 4.19. The smallest absolute Gasteiger partial charge is 0.462 e. The summed E-state index contributed by atoms with van der Waals surface area (Å²) in [7, 11) is 0. The van der Waals surface area contributed by atoms with E-state index in [2.05, 4.69) is 9.89 Å². The van der Waals surface area contributed by atoms with Crippen LogP contribution in [0.1, 0.15) is 85.0 Å². The molecule has 3 fully saturated rings. The number of alkyl halides is 3. The van der Waals surface area contributed by atoms with Crippen LogP contribution in [0.4, 0.5) is 23.7 Å². The van der Waals surface area contributed by atoms with Gasteiger partial charge in [-0.2, -0.15) is 0 Å². The number of aromatic nitrogens is 1. The van der Waals surface area contributed by atoms with E-state index in [9.17, 15) is 22.8 Å². The second kappa shape index (κ2) is 12.3. The Hall–Kier alpha value is -4.06. The Kier molecular flexibility index (Phi) is 8.16. The molecule has 1 saturated carbocycles. The molecule has 0 radical (unpaired) electrons. The number of anilines is 1. The summed E-state index contributed by atoms with van der Waals surface area (Å²) >= 11 is 0. The molecule has 244 valence electrons. The molecule has 9 nitrogen and oxygen atoms in total. The topological polar surface area (TPSA) is 94.3 Å². The van der Waals surface area contributed by atoms with Crippen LogP contribution in [0.3, 0.4) is 0 Å². The van der Waals surface area contributed by atoms with Crippen molar-refractivity contribution in [3.05, 3.63) is 64.9 Å². The van der Waals surface area contributed by atoms with Crippen molar-refractivity contribution in [2.75, 3.05) is 18.1 Å². The molecule has 2 bridgehead atoms. The Bertz CT molecular complexity index is 1610. The van der Waals surface area contributed by atoms with Gasteiger partial charge in [0, 0.05) is 41.4 Å². The number of rotatable bonds is 8. The third-order valence-corrected chi connectivity index (χ3v) is 9.45. The van der Waals surface area contributed by atoms with E-state index < -0.39 is 12.3 Å². The zero-order valence-corrected chi connectivity index (χ0v) is 25.6. The van der Waals surface area contributed by atoms with Crippen LogP contribution in [0, 0.1) is 0 Å². The molecule has 1 aromatic heterocycles. The number of halogens is 3. The number of piperidine rings is 1. The molecule has 0 N–H and O–H groups in total. The van der Waals surface area contributed by atoms with E-state index >= 15 is 0 Å². The Morgan fingerprint density at radius 2 is 1.80 bits per heavy atom. The largest absolute Gasteiger partial charge is 0.573 e. The lowest BCUT2D eigenvalue weighted by Gasteiger charge is -2.42. The fourth-order valence-electron chi connectivity index (χ4n) is 7.25. The SMILES string of the molecule is CCOC(=O)c1ccc2c(c1)N(C(=O)N1C3CCC1CC(OCc1c(-c4ccccc4OC(F)(F)F)noc1C1CC1)C3)CCC2. The standard InChI is InChI=1S/C34H36F3N3O6/c1-2-43-32(41)22-12-9-20-6-5-15-39(28(20)16-22)33(42)40-23-13-14-24(40)18-25(17-23)44-19-27-30(38-46-31(27)21-10-11-21)26-7-3-4-8-29(26)45-34(35,36)37/h3-4,7-9,12,16,21,23-25H,2,5-6,10-11,13-15,17-19H2,1H3. The van der Waals surface area contributed by atoms with E-state index in [-0.39, 0.29) is 54.7 Å². The first-order chi connectivity index (χ1) is 22.2. The monoisotopic (exact) mass is 639 g/mol. The molecule has 2 amide bonds. The molecule has 46 heavy (non-hydrogen) atoms. The van der Waals surface area contributed by atoms with Crippen LogP contribution in [-0.4, -0.2) is 59.8 Å². The number of amides is 2. The Morgan fingerprint density at radius 3 is 2.52 bits per heavy atom. The molecule has 2 atom stereocenters. The van der Waals surface area contributed by atoms with Crippen LogP contribution in [-0.2, 0) is 22.5 Å². The number of fused-ring (bicyclic) bond motifs is 3. The second-order valence-electron chi connectivity index (χ2n) is 12.5. The van der Waals surface area contributed by atoms with Crippen molar-refractivity contribution in [2.45, 2.75) is 95.4 Å². The molecule has 2 unspecified atom stereocenters.